The molecule has 1 atom stereocenters. The summed E-state index contributed by atoms with van der Waals surface area (Å²) in [5.41, 5.74) is 5.49. The van der Waals surface area contributed by atoms with E-state index in [1.165, 1.54) is 11.8 Å². The molecule has 0 aliphatic heterocycles. The Morgan fingerprint density at radius 1 is 0.702 bits per heavy atom. The second kappa shape index (κ2) is 15.6. The van der Waals surface area contributed by atoms with Gasteiger partial charge >= 0.3 is 0 Å². The summed E-state index contributed by atoms with van der Waals surface area (Å²) < 4.78 is 0. The first-order valence-corrected chi connectivity index (χ1v) is 16.0. The fourth-order valence-corrected chi connectivity index (χ4v) is 5.79. The summed E-state index contributed by atoms with van der Waals surface area (Å²) in [4.78, 5) is 43.1. The van der Waals surface area contributed by atoms with Gasteiger partial charge in [-0.2, -0.15) is 0 Å². The lowest BCUT2D eigenvalue weighted by molar-refractivity contribution is -0.116. The minimum Gasteiger partial charge on any atom is -0.378 e. The van der Waals surface area contributed by atoms with E-state index >= 15 is 0 Å². The molecule has 3 amide bonds. The molecule has 47 heavy (non-hydrogen) atoms. The van der Waals surface area contributed by atoms with Gasteiger partial charge in [-0.15, -0.1) is 11.8 Å². The van der Waals surface area contributed by atoms with Crippen LogP contribution in [0.3, 0.4) is 0 Å². The van der Waals surface area contributed by atoms with Gasteiger partial charge in [0, 0.05) is 41.6 Å². The molecule has 0 saturated heterocycles. The van der Waals surface area contributed by atoms with Crippen LogP contribution < -0.4 is 20.9 Å². The number of anilines is 3. The molecule has 0 aliphatic carbocycles. The van der Waals surface area contributed by atoms with Crippen molar-refractivity contribution in [2.45, 2.75) is 17.1 Å². The van der Waals surface area contributed by atoms with Crippen LogP contribution in [-0.4, -0.2) is 31.8 Å². The van der Waals surface area contributed by atoms with Crippen molar-refractivity contribution in [2.24, 2.45) is 0 Å². The van der Waals surface area contributed by atoms with Crippen LogP contribution in [0.2, 0.25) is 0 Å². The average Bonchev–Trinajstić information content (AvgIpc) is 3.09. The van der Waals surface area contributed by atoms with Gasteiger partial charge in [0.15, 0.2) is 0 Å². The van der Waals surface area contributed by atoms with Gasteiger partial charge in [-0.3, -0.25) is 14.4 Å². The number of amides is 3. The molecular weight excluding hydrogens is 605 g/mol. The van der Waals surface area contributed by atoms with Crippen molar-refractivity contribution in [2.75, 3.05) is 29.6 Å². The Morgan fingerprint density at radius 3 is 2.02 bits per heavy atom. The van der Waals surface area contributed by atoms with Crippen LogP contribution in [0.4, 0.5) is 17.1 Å². The smallest absolute Gasteiger partial charge is 0.272 e. The Morgan fingerprint density at radius 2 is 1.36 bits per heavy atom. The fraction of sp³-hybridized carbons (Fsp3) is 0.103. The number of hydrogen-bond donors (Lipinski definition) is 3. The third-order valence-electron chi connectivity index (χ3n) is 7.25. The molecule has 0 radical (unpaired) electrons. The van der Waals surface area contributed by atoms with Gasteiger partial charge in [0.05, 0.1) is 0 Å². The standard InChI is InChI=1S/C39H36N4O3S/c1-27-17-21-31(22-18-27)40-39(46)36(29-11-6-4-7-12-29)47-34-16-10-15-32(26-34)41-38(45)35(42-37(44)30-13-8-5-9-14-30)25-28-19-23-33(24-20-28)43(2)3/h4-26,36H,1-3H3,(H,40,46)(H,41,45)(H,42,44)/b35-25+. The second-order valence-electron chi connectivity index (χ2n) is 11.1. The molecule has 1 unspecified atom stereocenters. The van der Waals surface area contributed by atoms with Gasteiger partial charge < -0.3 is 20.9 Å². The number of carbonyl (C=O) groups excluding carboxylic acids is 3. The molecule has 0 aromatic heterocycles. The van der Waals surface area contributed by atoms with Crippen molar-refractivity contribution in [3.05, 3.63) is 161 Å². The number of rotatable bonds is 11. The van der Waals surface area contributed by atoms with Crippen molar-refractivity contribution in [1.29, 1.82) is 0 Å². The summed E-state index contributed by atoms with van der Waals surface area (Å²) in [6.07, 6.45) is 1.65. The maximum Gasteiger partial charge on any atom is 0.272 e. The molecule has 7 nitrogen and oxygen atoms in total. The lowest BCUT2D eigenvalue weighted by Crippen LogP contribution is -2.30. The van der Waals surface area contributed by atoms with Crippen LogP contribution in [0.5, 0.6) is 0 Å². The fourth-order valence-electron chi connectivity index (χ4n) is 4.70. The summed E-state index contributed by atoms with van der Waals surface area (Å²) in [6.45, 7) is 2.00. The largest absolute Gasteiger partial charge is 0.378 e. The molecule has 0 heterocycles. The Balaban J connectivity index is 1.37. The number of thioether (sulfide) groups is 1. The zero-order chi connectivity index (χ0) is 33.2. The van der Waals surface area contributed by atoms with Gasteiger partial charge in [-0.25, -0.2) is 0 Å². The predicted molar refractivity (Wildman–Crippen MR) is 193 cm³/mol. The highest BCUT2D eigenvalue weighted by molar-refractivity contribution is 8.00. The normalized spacial score (nSPS) is 11.7. The Bertz CT molecular complexity index is 1860. The maximum absolute atomic E-state index is 13.7. The lowest BCUT2D eigenvalue weighted by Gasteiger charge is -2.18. The molecule has 0 aliphatic rings. The summed E-state index contributed by atoms with van der Waals surface area (Å²) in [5.74, 6) is -1.04. The minimum atomic E-state index is -0.547. The Labute approximate surface area is 279 Å². The van der Waals surface area contributed by atoms with E-state index < -0.39 is 17.1 Å². The molecule has 5 aromatic carbocycles. The predicted octanol–water partition coefficient (Wildman–Crippen LogP) is 7.94. The second-order valence-corrected chi connectivity index (χ2v) is 12.3. The van der Waals surface area contributed by atoms with E-state index in [4.69, 9.17) is 0 Å². The summed E-state index contributed by atoms with van der Waals surface area (Å²) in [5, 5.41) is 8.21. The van der Waals surface area contributed by atoms with Crippen LogP contribution in [-0.2, 0) is 9.59 Å². The molecule has 0 bridgehead atoms. The molecule has 236 valence electrons. The van der Waals surface area contributed by atoms with E-state index in [0.29, 0.717) is 11.3 Å². The number of benzene rings is 5. The zero-order valence-corrected chi connectivity index (χ0v) is 27.3. The highest BCUT2D eigenvalue weighted by atomic mass is 32.2. The van der Waals surface area contributed by atoms with Crippen molar-refractivity contribution in [1.82, 2.24) is 5.32 Å². The number of carbonyl (C=O) groups is 3. The number of nitrogens with one attached hydrogen (secondary N) is 3. The van der Waals surface area contributed by atoms with Crippen LogP contribution in [0, 0.1) is 6.92 Å². The highest BCUT2D eigenvalue weighted by Crippen LogP contribution is 2.37. The first-order valence-electron chi connectivity index (χ1n) is 15.1. The third kappa shape index (κ3) is 9.22. The highest BCUT2D eigenvalue weighted by Gasteiger charge is 2.23. The molecule has 5 aromatic rings. The van der Waals surface area contributed by atoms with Gasteiger partial charge in [-0.1, -0.05) is 84.4 Å². The summed E-state index contributed by atoms with van der Waals surface area (Å²) in [7, 11) is 3.91. The number of hydrogen-bond acceptors (Lipinski definition) is 5. The maximum atomic E-state index is 13.7. The monoisotopic (exact) mass is 640 g/mol. The minimum absolute atomic E-state index is 0.0918. The van der Waals surface area contributed by atoms with Crippen LogP contribution >= 0.6 is 11.8 Å². The van der Waals surface area contributed by atoms with Crippen molar-refractivity contribution in [3.63, 3.8) is 0 Å². The van der Waals surface area contributed by atoms with Crippen molar-refractivity contribution >= 4 is 52.6 Å². The summed E-state index contributed by atoms with van der Waals surface area (Å²) in [6, 6.07) is 41.0. The average molecular weight is 641 g/mol. The topological polar surface area (TPSA) is 90.5 Å². The SMILES string of the molecule is Cc1ccc(NC(=O)C(Sc2cccc(NC(=O)/C(=C\c3ccc(N(C)C)cc3)NC(=O)c3ccccc3)c2)c2ccccc2)cc1. The molecule has 5 rings (SSSR count). The third-order valence-corrected chi connectivity index (χ3v) is 8.50. The van der Waals surface area contributed by atoms with E-state index in [0.717, 1.165) is 33.0 Å². The zero-order valence-electron chi connectivity index (χ0n) is 26.4. The lowest BCUT2D eigenvalue weighted by atomic mass is 10.1. The molecule has 8 heteroatoms. The van der Waals surface area contributed by atoms with E-state index in [-0.39, 0.29) is 11.6 Å². The molecular formula is C39H36N4O3S. The first-order chi connectivity index (χ1) is 22.7. The molecule has 0 saturated carbocycles. The first kappa shape index (κ1) is 32.8. The molecule has 0 fully saturated rings. The van der Waals surface area contributed by atoms with E-state index in [1.54, 1.807) is 36.4 Å². The number of aryl methyl sites for hydroxylation is 1. The van der Waals surface area contributed by atoms with Crippen LogP contribution in [0.25, 0.3) is 6.08 Å². The van der Waals surface area contributed by atoms with Gasteiger partial charge in [-0.05, 0) is 78.7 Å². The van der Waals surface area contributed by atoms with Gasteiger partial charge in [0.25, 0.3) is 11.8 Å². The van der Waals surface area contributed by atoms with Gasteiger partial charge in [0.2, 0.25) is 5.91 Å². The van der Waals surface area contributed by atoms with E-state index in [2.05, 4.69) is 16.0 Å². The van der Waals surface area contributed by atoms with Crippen LogP contribution in [0.15, 0.2) is 144 Å². The van der Waals surface area contributed by atoms with Crippen molar-refractivity contribution < 1.29 is 14.4 Å². The van der Waals surface area contributed by atoms with E-state index in [9.17, 15) is 14.4 Å². The summed E-state index contributed by atoms with van der Waals surface area (Å²) >= 11 is 1.38. The molecule has 3 N–H and O–H groups in total. The quantitative estimate of drug-likeness (QED) is 0.101. The van der Waals surface area contributed by atoms with Crippen LogP contribution in [0.1, 0.15) is 32.3 Å². The van der Waals surface area contributed by atoms with Gasteiger partial charge in [0.1, 0.15) is 10.9 Å². The Hall–Kier alpha value is -5.60. The van der Waals surface area contributed by atoms with E-state index in [1.807, 2.05) is 129 Å². The Kier molecular flexibility index (Phi) is 10.9. The van der Waals surface area contributed by atoms with Crippen molar-refractivity contribution in [3.8, 4) is 0 Å². The molecule has 0 spiro atoms. The number of nitrogens with zero attached hydrogens (tertiary/aromatic N) is 1.